The van der Waals surface area contributed by atoms with Crippen LogP contribution in [0.25, 0.3) is 11.1 Å². The average Bonchev–Trinajstić information content (AvgIpc) is 0.775. The lowest BCUT2D eigenvalue weighted by atomic mass is 9.89. The Labute approximate surface area is 532 Å². The number of nitrogens with one attached hydrogen (secondary N) is 7. The Morgan fingerprint density at radius 3 is 1.59 bits per heavy atom. The van der Waals surface area contributed by atoms with Crippen LogP contribution in [0.2, 0.25) is 0 Å². The standard InChI is InChI=1S/C66H61N7O21/c1-26(2)17-43(79)59(83)67-50-31-10-16-40(76)45(20-31)94-44-21-32(19-41(77)27(44)3)51-62(86)69-52-33-22-46(92-35-11-5-28(6-12-35)56(80)54(64(88)70-51)72-61(50)85)58(82)47(23-33)93-36-13-7-29(8-14-36)57(81)55-65(89)71-53(66(90)91-4)38-24-34(74)25-42(78)48(38)37-18-30(9-15-39(37)75)49(60(84)73-55)68-63(52)87/h5-16,18-26,43,49-57,74-82H,17H2,1-4H3,(H,67,83)(H,68,87)(H,69,86)(H,70,88)(H,71,89)(H,72,85)(H,73,84)/t43?,49-,50-,51+,52-,53+,54-,55+,56-,57-/m1/s1. The van der Waals surface area contributed by atoms with Crippen molar-refractivity contribution in [3.8, 4) is 80.1 Å². The Hall–Kier alpha value is -11.6. The van der Waals surface area contributed by atoms with Crippen LogP contribution in [-0.4, -0.2) is 119 Å². The number of aliphatic hydroxyl groups excluding tert-OH is 3. The number of aliphatic hydroxyl groups is 3. The minimum atomic E-state index is -2.19. The first-order chi connectivity index (χ1) is 44.7. The molecule has 0 spiro atoms. The fourth-order valence-electron chi connectivity index (χ4n) is 11.3. The second-order valence-corrected chi connectivity index (χ2v) is 23.1. The highest BCUT2D eigenvalue weighted by atomic mass is 16.5. The number of hydrogen-bond acceptors (Lipinski definition) is 21. The highest BCUT2D eigenvalue weighted by Crippen LogP contribution is 2.47. The van der Waals surface area contributed by atoms with Gasteiger partial charge in [0.25, 0.3) is 0 Å². The zero-order valence-corrected chi connectivity index (χ0v) is 50.0. The van der Waals surface area contributed by atoms with Crippen LogP contribution in [0.1, 0.15) is 107 Å². The first-order valence-electron chi connectivity index (χ1n) is 29.2. The van der Waals surface area contributed by atoms with Gasteiger partial charge >= 0.3 is 5.97 Å². The number of rotatable bonds is 5. The zero-order chi connectivity index (χ0) is 67.3. The van der Waals surface area contributed by atoms with Gasteiger partial charge in [0.05, 0.1) is 7.11 Å². The molecule has 13 rings (SSSR count). The highest BCUT2D eigenvalue weighted by Gasteiger charge is 2.43. The molecule has 16 N–H and O–H groups in total. The second-order valence-electron chi connectivity index (χ2n) is 23.1. The van der Waals surface area contributed by atoms with Gasteiger partial charge in [-0.3, -0.25) is 33.6 Å². The first-order valence-corrected chi connectivity index (χ1v) is 29.2. The third kappa shape index (κ3) is 12.6. The van der Waals surface area contributed by atoms with Crippen LogP contribution in [-0.2, 0) is 43.1 Å². The van der Waals surface area contributed by atoms with E-state index in [4.69, 9.17) is 18.9 Å². The maximum absolute atomic E-state index is 15.8. The smallest absolute Gasteiger partial charge is 0.333 e. The van der Waals surface area contributed by atoms with Crippen molar-refractivity contribution in [1.29, 1.82) is 0 Å². The summed E-state index contributed by atoms with van der Waals surface area (Å²) in [5.74, 6) is -15.8. The van der Waals surface area contributed by atoms with Gasteiger partial charge in [0, 0.05) is 28.3 Å². The summed E-state index contributed by atoms with van der Waals surface area (Å²) in [5.41, 5.74) is -2.26. The topological polar surface area (TPSA) is 440 Å². The van der Waals surface area contributed by atoms with E-state index in [1.165, 1.54) is 67.6 Å². The Morgan fingerprint density at radius 2 is 1.00 bits per heavy atom. The van der Waals surface area contributed by atoms with Crippen LogP contribution >= 0.6 is 0 Å². The number of hydrogen-bond donors (Lipinski definition) is 16. The molecule has 0 aromatic heterocycles. The first kappa shape index (κ1) is 63.9. The van der Waals surface area contributed by atoms with Crippen LogP contribution in [0.15, 0.2) is 121 Å². The molecule has 28 heteroatoms. The number of carbonyl (C=O) groups is 8. The van der Waals surface area contributed by atoms with E-state index in [2.05, 4.69) is 37.2 Å². The van der Waals surface area contributed by atoms with E-state index in [0.29, 0.717) is 0 Å². The lowest BCUT2D eigenvalue weighted by Gasteiger charge is -2.31. The van der Waals surface area contributed by atoms with Crippen LogP contribution in [0, 0.1) is 12.8 Å². The van der Waals surface area contributed by atoms with Crippen molar-refractivity contribution >= 4 is 47.3 Å². The molecule has 0 aliphatic carbocycles. The summed E-state index contributed by atoms with van der Waals surface area (Å²) in [5, 5.41) is 122. The van der Waals surface area contributed by atoms with Gasteiger partial charge < -0.3 is 102 Å². The van der Waals surface area contributed by atoms with Crippen molar-refractivity contribution in [3.63, 3.8) is 0 Å². The predicted octanol–water partition coefficient (Wildman–Crippen LogP) is 4.13. The van der Waals surface area contributed by atoms with Gasteiger partial charge in [0.2, 0.25) is 47.1 Å². The Bertz CT molecular complexity index is 4260. The molecule has 0 saturated carbocycles. The van der Waals surface area contributed by atoms with Crippen LogP contribution in [0.5, 0.6) is 69.0 Å². The summed E-state index contributed by atoms with van der Waals surface area (Å²) in [4.78, 5) is 119. The third-order valence-corrected chi connectivity index (χ3v) is 16.3. The highest BCUT2D eigenvalue weighted by molar-refractivity contribution is 6.00. The van der Waals surface area contributed by atoms with Crippen molar-refractivity contribution in [2.75, 3.05) is 7.11 Å². The molecule has 28 nitrogen and oxygen atoms in total. The molecule has 6 heterocycles. The number of fused-ring (bicyclic) bond motifs is 14. The molecule has 10 atom stereocenters. The summed E-state index contributed by atoms with van der Waals surface area (Å²) in [6.07, 6.45) is -5.79. The van der Waals surface area contributed by atoms with E-state index in [1.54, 1.807) is 13.8 Å². The molecule has 6 aliphatic rings. The number of aromatic hydroxyl groups is 6. The lowest BCUT2D eigenvalue weighted by Crippen LogP contribution is -2.56. The minimum Gasteiger partial charge on any atom is -0.508 e. The van der Waals surface area contributed by atoms with Crippen LogP contribution in [0.3, 0.4) is 0 Å². The zero-order valence-electron chi connectivity index (χ0n) is 50.0. The predicted molar refractivity (Wildman–Crippen MR) is 325 cm³/mol. The molecule has 6 aliphatic heterocycles. The molecule has 7 aromatic carbocycles. The van der Waals surface area contributed by atoms with Gasteiger partial charge in [0.15, 0.2) is 29.0 Å². The lowest BCUT2D eigenvalue weighted by molar-refractivity contribution is -0.146. The molecule has 1 unspecified atom stereocenters. The van der Waals surface area contributed by atoms with Gasteiger partial charge in [0.1, 0.15) is 94.8 Å². The number of phenolic OH excluding ortho intramolecular Hbond substituents is 6. The number of phenols is 6. The largest absolute Gasteiger partial charge is 0.508 e. The molecule has 0 fully saturated rings. The number of amides is 7. The van der Waals surface area contributed by atoms with Gasteiger partial charge in [-0.1, -0.05) is 50.2 Å². The summed E-state index contributed by atoms with van der Waals surface area (Å²) < 4.78 is 23.7. The number of methoxy groups -OCH3 is 1. The van der Waals surface area contributed by atoms with E-state index < -0.39 is 159 Å². The molecule has 486 valence electrons. The fraction of sp³-hybridized carbons (Fsp3) is 0.242. The molecule has 7 amide bonds. The number of carbonyl (C=O) groups excluding carboxylic acids is 8. The number of benzene rings is 7. The van der Waals surface area contributed by atoms with Crippen molar-refractivity contribution in [1.82, 2.24) is 37.2 Å². The van der Waals surface area contributed by atoms with E-state index in [0.717, 1.165) is 67.8 Å². The molecular formula is C66H61N7O21. The Balaban J connectivity index is 1.12. The van der Waals surface area contributed by atoms with E-state index in [1.807, 2.05) is 0 Å². The van der Waals surface area contributed by atoms with E-state index in [-0.39, 0.29) is 85.4 Å². The second kappa shape index (κ2) is 25.6. The van der Waals surface area contributed by atoms with Crippen molar-refractivity contribution in [2.24, 2.45) is 5.92 Å². The quantitative estimate of drug-likeness (QED) is 0.108. The average molecular weight is 1290 g/mol. The summed E-state index contributed by atoms with van der Waals surface area (Å²) in [6.45, 7) is 4.86. The minimum absolute atomic E-state index is 0.0208. The normalized spacial score (nSPS) is 22.1. The molecule has 7 aromatic rings. The Kier molecular flexibility index (Phi) is 17.4. The van der Waals surface area contributed by atoms with Crippen LogP contribution < -0.4 is 51.4 Å². The van der Waals surface area contributed by atoms with Crippen molar-refractivity contribution < 1.29 is 103 Å². The molecule has 17 bridgehead atoms. The maximum atomic E-state index is 15.8. The third-order valence-electron chi connectivity index (χ3n) is 16.3. The summed E-state index contributed by atoms with van der Waals surface area (Å²) >= 11 is 0. The summed E-state index contributed by atoms with van der Waals surface area (Å²) in [7, 11) is 0.967. The van der Waals surface area contributed by atoms with Gasteiger partial charge in [-0.05, 0) is 132 Å². The molecular weight excluding hydrogens is 1230 g/mol. The number of esters is 1. The van der Waals surface area contributed by atoms with Crippen LogP contribution in [0.4, 0.5) is 0 Å². The molecule has 0 radical (unpaired) electrons. The van der Waals surface area contributed by atoms with E-state index in [9.17, 15) is 65.1 Å². The van der Waals surface area contributed by atoms with E-state index >= 15 is 19.2 Å². The number of ether oxygens (including phenoxy) is 4. The molecule has 0 saturated heterocycles. The van der Waals surface area contributed by atoms with Crippen molar-refractivity contribution in [2.45, 2.75) is 87.8 Å². The Morgan fingerprint density at radius 1 is 0.511 bits per heavy atom. The fourth-order valence-corrected chi connectivity index (χ4v) is 11.3. The SMILES string of the molecule is COC(=O)[C@H]1NC(=O)[C@H]2NC(=O)[C@H](NC(=O)[C@@H]3NC(=O)[C@H]4NC(=O)[C@H](NC(=O)[C@H](NC(=O)C(O)CC(C)C)c5ccc(O)c(c5)Oc5cc4cc(O)c5C)[C@H](O)c4ccc(cc4)Oc4cc3cc(c4O)Oc3ccc(cc3)[C@H]2O)c2ccc(O)c(c2)-c2c(O)cc(O)cc21. The van der Waals surface area contributed by atoms with Gasteiger partial charge in [-0.25, -0.2) is 4.79 Å². The van der Waals surface area contributed by atoms with Crippen molar-refractivity contribution in [3.05, 3.63) is 166 Å². The van der Waals surface area contributed by atoms with Gasteiger partial charge in [-0.15, -0.1) is 0 Å². The monoisotopic (exact) mass is 1290 g/mol. The summed E-state index contributed by atoms with van der Waals surface area (Å²) in [6, 6.07) is 8.89. The van der Waals surface area contributed by atoms with Gasteiger partial charge in [-0.2, -0.15) is 0 Å². The maximum Gasteiger partial charge on any atom is 0.333 e. The molecule has 94 heavy (non-hydrogen) atoms.